The number of anilines is 1. The Kier molecular flexibility index (Phi) is 4.59. The lowest BCUT2D eigenvalue weighted by Crippen LogP contribution is -2.48. The zero-order valence-electron chi connectivity index (χ0n) is 12.1. The van der Waals surface area contributed by atoms with Gasteiger partial charge in [0.1, 0.15) is 0 Å². The first-order chi connectivity index (χ1) is 9.15. The highest BCUT2D eigenvalue weighted by atomic mass is 16.5. The molecule has 0 radical (unpaired) electrons. The summed E-state index contributed by atoms with van der Waals surface area (Å²) in [5.41, 5.74) is 2.00. The molecule has 1 aromatic rings. The second-order valence-electron chi connectivity index (χ2n) is 5.18. The molecule has 3 nitrogen and oxygen atoms in total. The molecule has 0 aromatic heterocycles. The molecule has 1 fully saturated rings. The fourth-order valence-corrected chi connectivity index (χ4v) is 2.54. The minimum Gasteiger partial charge on any atom is -0.375 e. The Labute approximate surface area is 115 Å². The highest BCUT2D eigenvalue weighted by Gasteiger charge is 2.25. The minimum atomic E-state index is 0.203. The summed E-state index contributed by atoms with van der Waals surface area (Å²) >= 11 is 0. The van der Waals surface area contributed by atoms with Gasteiger partial charge in [-0.2, -0.15) is 0 Å². The van der Waals surface area contributed by atoms with Crippen molar-refractivity contribution in [3.8, 4) is 0 Å². The Morgan fingerprint density at radius 2 is 2.00 bits per heavy atom. The molecule has 0 aliphatic carbocycles. The second kappa shape index (κ2) is 6.20. The van der Waals surface area contributed by atoms with Crippen LogP contribution in [0.5, 0.6) is 0 Å². The van der Waals surface area contributed by atoms with E-state index in [1.807, 2.05) is 19.1 Å². The van der Waals surface area contributed by atoms with E-state index >= 15 is 0 Å². The van der Waals surface area contributed by atoms with Crippen molar-refractivity contribution in [1.82, 2.24) is 0 Å². The van der Waals surface area contributed by atoms with Crippen LogP contribution >= 0.6 is 0 Å². The molecule has 0 N–H and O–H groups in total. The van der Waals surface area contributed by atoms with E-state index in [4.69, 9.17) is 4.74 Å². The van der Waals surface area contributed by atoms with Crippen molar-refractivity contribution in [3.05, 3.63) is 29.8 Å². The molecule has 104 valence electrons. The summed E-state index contributed by atoms with van der Waals surface area (Å²) in [6, 6.07) is 8.43. The lowest BCUT2D eigenvalue weighted by molar-refractivity contribution is 0.0299. The third-order valence-electron chi connectivity index (χ3n) is 3.78. The van der Waals surface area contributed by atoms with E-state index in [-0.39, 0.29) is 11.9 Å². The topological polar surface area (TPSA) is 29.5 Å². The average Bonchev–Trinajstić information content (AvgIpc) is 2.46. The number of rotatable bonds is 4. The van der Waals surface area contributed by atoms with Crippen LogP contribution in [0.15, 0.2) is 24.3 Å². The molecule has 2 atom stereocenters. The van der Waals surface area contributed by atoms with Gasteiger partial charge in [0, 0.05) is 24.2 Å². The smallest absolute Gasteiger partial charge is 0.162 e. The van der Waals surface area contributed by atoms with E-state index in [1.165, 1.54) is 5.69 Å². The van der Waals surface area contributed by atoms with Gasteiger partial charge in [-0.05, 0) is 37.6 Å². The quantitative estimate of drug-likeness (QED) is 0.779. The summed E-state index contributed by atoms with van der Waals surface area (Å²) in [7, 11) is 0. The number of carbonyl (C=O) groups is 1. The van der Waals surface area contributed by atoms with E-state index in [2.05, 4.69) is 30.9 Å². The molecule has 0 amide bonds. The zero-order chi connectivity index (χ0) is 13.8. The monoisotopic (exact) mass is 261 g/mol. The van der Waals surface area contributed by atoms with Crippen LogP contribution < -0.4 is 4.90 Å². The Morgan fingerprint density at radius 1 is 1.32 bits per heavy atom. The van der Waals surface area contributed by atoms with Crippen LogP contribution in [-0.2, 0) is 4.74 Å². The maximum atomic E-state index is 11.6. The molecular weight excluding hydrogens is 238 g/mol. The van der Waals surface area contributed by atoms with Crippen molar-refractivity contribution in [2.24, 2.45) is 0 Å². The van der Waals surface area contributed by atoms with E-state index in [9.17, 15) is 4.79 Å². The standard InChI is InChI=1S/C16H23NO2/c1-4-14-11-19-12(3)10-17(14)15-8-6-13(7-9-15)16(18)5-2/h6-9,12,14H,4-5,10-11H2,1-3H3. The molecule has 0 spiro atoms. The Morgan fingerprint density at radius 3 is 2.58 bits per heavy atom. The van der Waals surface area contributed by atoms with Gasteiger partial charge >= 0.3 is 0 Å². The fraction of sp³-hybridized carbons (Fsp3) is 0.562. The van der Waals surface area contributed by atoms with Crippen molar-refractivity contribution in [3.63, 3.8) is 0 Å². The van der Waals surface area contributed by atoms with Gasteiger partial charge in [0.15, 0.2) is 5.78 Å². The summed E-state index contributed by atoms with van der Waals surface area (Å²) in [5, 5.41) is 0. The predicted octanol–water partition coefficient (Wildman–Crippen LogP) is 3.28. The van der Waals surface area contributed by atoms with Crippen molar-refractivity contribution in [1.29, 1.82) is 0 Å². The zero-order valence-corrected chi connectivity index (χ0v) is 12.1. The molecule has 1 saturated heterocycles. The Bertz CT molecular complexity index is 427. The minimum absolute atomic E-state index is 0.203. The number of hydrogen-bond acceptors (Lipinski definition) is 3. The van der Waals surface area contributed by atoms with Gasteiger partial charge in [0.25, 0.3) is 0 Å². The number of benzene rings is 1. The molecule has 1 aliphatic heterocycles. The molecule has 2 rings (SSSR count). The molecule has 19 heavy (non-hydrogen) atoms. The second-order valence-corrected chi connectivity index (χ2v) is 5.18. The molecule has 1 aliphatic rings. The molecule has 2 unspecified atom stereocenters. The SMILES string of the molecule is CCC(=O)c1ccc(N2CC(C)OCC2CC)cc1. The summed E-state index contributed by atoms with van der Waals surface area (Å²) in [5.74, 6) is 0.203. The van der Waals surface area contributed by atoms with E-state index in [0.29, 0.717) is 12.5 Å². The van der Waals surface area contributed by atoms with E-state index in [1.54, 1.807) is 0 Å². The highest BCUT2D eigenvalue weighted by molar-refractivity contribution is 5.96. The molecule has 3 heteroatoms. The lowest BCUT2D eigenvalue weighted by atomic mass is 10.1. The van der Waals surface area contributed by atoms with Crippen LogP contribution in [0.25, 0.3) is 0 Å². The van der Waals surface area contributed by atoms with Crippen molar-refractivity contribution < 1.29 is 9.53 Å². The third-order valence-corrected chi connectivity index (χ3v) is 3.78. The van der Waals surface area contributed by atoms with Gasteiger partial charge in [-0.1, -0.05) is 13.8 Å². The third kappa shape index (κ3) is 3.16. The van der Waals surface area contributed by atoms with Crippen LogP contribution in [0.1, 0.15) is 44.0 Å². The van der Waals surface area contributed by atoms with E-state index in [0.717, 1.165) is 25.1 Å². The molecule has 0 bridgehead atoms. The lowest BCUT2D eigenvalue weighted by Gasteiger charge is -2.40. The summed E-state index contributed by atoms with van der Waals surface area (Å²) in [4.78, 5) is 14.0. The first kappa shape index (κ1) is 14.1. The predicted molar refractivity (Wildman–Crippen MR) is 77.9 cm³/mol. The van der Waals surface area contributed by atoms with Crippen molar-refractivity contribution in [2.45, 2.75) is 45.8 Å². The van der Waals surface area contributed by atoms with Gasteiger partial charge in [0.2, 0.25) is 0 Å². The number of hydrogen-bond donors (Lipinski definition) is 0. The largest absolute Gasteiger partial charge is 0.375 e. The maximum absolute atomic E-state index is 11.6. The van der Waals surface area contributed by atoms with Crippen LogP contribution in [0.4, 0.5) is 5.69 Å². The van der Waals surface area contributed by atoms with Gasteiger partial charge in [-0.25, -0.2) is 0 Å². The summed E-state index contributed by atoms with van der Waals surface area (Å²) in [6.07, 6.45) is 1.90. The number of nitrogens with zero attached hydrogens (tertiary/aromatic N) is 1. The average molecular weight is 261 g/mol. The Balaban J connectivity index is 2.17. The van der Waals surface area contributed by atoms with Crippen molar-refractivity contribution >= 4 is 11.5 Å². The fourth-order valence-electron chi connectivity index (χ4n) is 2.54. The van der Waals surface area contributed by atoms with Crippen molar-refractivity contribution in [2.75, 3.05) is 18.1 Å². The van der Waals surface area contributed by atoms with Gasteiger partial charge in [-0.15, -0.1) is 0 Å². The van der Waals surface area contributed by atoms with Crippen LogP contribution in [-0.4, -0.2) is 31.1 Å². The molecule has 0 saturated carbocycles. The summed E-state index contributed by atoms with van der Waals surface area (Å²) in [6.45, 7) is 7.89. The van der Waals surface area contributed by atoms with Crippen LogP contribution in [0.3, 0.4) is 0 Å². The van der Waals surface area contributed by atoms with Gasteiger partial charge in [-0.3, -0.25) is 4.79 Å². The first-order valence-corrected chi connectivity index (χ1v) is 7.17. The maximum Gasteiger partial charge on any atom is 0.162 e. The number of morpholine rings is 1. The van der Waals surface area contributed by atoms with Crippen LogP contribution in [0, 0.1) is 0 Å². The highest BCUT2D eigenvalue weighted by Crippen LogP contribution is 2.24. The van der Waals surface area contributed by atoms with Gasteiger partial charge < -0.3 is 9.64 Å². The summed E-state index contributed by atoms with van der Waals surface area (Å²) < 4.78 is 5.72. The normalized spacial score (nSPS) is 23.4. The number of ether oxygens (including phenoxy) is 1. The molecule has 1 aromatic carbocycles. The first-order valence-electron chi connectivity index (χ1n) is 7.17. The molecular formula is C16H23NO2. The molecule has 1 heterocycles. The number of ketones is 1. The van der Waals surface area contributed by atoms with Gasteiger partial charge in [0.05, 0.1) is 18.8 Å². The van der Waals surface area contributed by atoms with E-state index < -0.39 is 0 Å². The van der Waals surface area contributed by atoms with Crippen LogP contribution in [0.2, 0.25) is 0 Å². The Hall–Kier alpha value is -1.35. The number of carbonyl (C=O) groups excluding carboxylic acids is 1. The number of Topliss-reactive ketones (excluding diaryl/α,β-unsaturated/α-hetero) is 1.